The minimum Gasteiger partial charge on any atom is -0.481 e. The van der Waals surface area contributed by atoms with Crippen molar-refractivity contribution in [3.63, 3.8) is 0 Å². The van der Waals surface area contributed by atoms with Crippen molar-refractivity contribution >= 4 is 5.97 Å². The highest BCUT2D eigenvalue weighted by atomic mass is 16.5. The molecular weight excluding hydrogens is 208 g/mol. The molecular formula is C11H16N2O3. The zero-order valence-electron chi connectivity index (χ0n) is 9.30. The van der Waals surface area contributed by atoms with Crippen LogP contribution in [0.4, 0.5) is 0 Å². The number of nitrogens with zero attached hydrogens (tertiary/aromatic N) is 2. The molecule has 1 fully saturated rings. The average molecular weight is 224 g/mol. The highest BCUT2D eigenvalue weighted by molar-refractivity contribution is 5.71. The van der Waals surface area contributed by atoms with Gasteiger partial charge in [-0.05, 0) is 19.8 Å². The lowest BCUT2D eigenvalue weighted by Crippen LogP contribution is -2.28. The largest absolute Gasteiger partial charge is 0.481 e. The Hall–Kier alpha value is -1.36. The third kappa shape index (κ3) is 2.09. The highest BCUT2D eigenvalue weighted by Crippen LogP contribution is 2.33. The van der Waals surface area contributed by atoms with Crippen LogP contribution >= 0.6 is 0 Å². The number of carboxylic acid groups (broad SMARTS) is 1. The van der Waals surface area contributed by atoms with Gasteiger partial charge in [-0.25, -0.2) is 0 Å². The molecule has 1 N–H and O–H groups in total. The molecule has 0 spiro atoms. The summed E-state index contributed by atoms with van der Waals surface area (Å²) in [6.07, 6.45) is 4.72. The standard InChI is InChI=1S/C11H16N2O3/c1-2-13-7-8(6-12-13)10-9(11(14)15)4-3-5-16-10/h6-7,9-10H,2-5H2,1H3,(H,14,15)/t9-,10-/m0/s1. The molecule has 1 aromatic heterocycles. The second-order valence-electron chi connectivity index (χ2n) is 4.01. The maximum Gasteiger partial charge on any atom is 0.309 e. The lowest BCUT2D eigenvalue weighted by atomic mass is 9.91. The number of carbonyl (C=O) groups is 1. The molecule has 1 aromatic rings. The molecule has 5 nitrogen and oxygen atoms in total. The Morgan fingerprint density at radius 2 is 2.56 bits per heavy atom. The van der Waals surface area contributed by atoms with E-state index in [2.05, 4.69) is 5.10 Å². The monoisotopic (exact) mass is 224 g/mol. The number of ether oxygens (including phenoxy) is 1. The van der Waals surface area contributed by atoms with E-state index in [4.69, 9.17) is 9.84 Å². The maximum absolute atomic E-state index is 11.1. The minimum absolute atomic E-state index is 0.341. The summed E-state index contributed by atoms with van der Waals surface area (Å²) >= 11 is 0. The van der Waals surface area contributed by atoms with E-state index in [0.29, 0.717) is 13.0 Å². The molecule has 1 saturated heterocycles. The van der Waals surface area contributed by atoms with Gasteiger partial charge in [-0.15, -0.1) is 0 Å². The predicted molar refractivity (Wildman–Crippen MR) is 57.0 cm³/mol. The fourth-order valence-electron chi connectivity index (χ4n) is 2.06. The Morgan fingerprint density at radius 3 is 3.19 bits per heavy atom. The SMILES string of the molecule is CCn1cc([C@@H]2OCCC[C@@H]2C(=O)O)cn1. The topological polar surface area (TPSA) is 64.3 Å². The molecule has 0 aromatic carbocycles. The van der Waals surface area contributed by atoms with Crippen molar-refractivity contribution in [3.8, 4) is 0 Å². The van der Waals surface area contributed by atoms with E-state index in [9.17, 15) is 4.79 Å². The molecule has 0 amide bonds. The van der Waals surface area contributed by atoms with E-state index in [1.807, 2.05) is 13.1 Å². The summed E-state index contributed by atoms with van der Waals surface area (Å²) in [5.41, 5.74) is 0.869. The Bertz CT molecular complexity index is 375. The summed E-state index contributed by atoms with van der Waals surface area (Å²) in [6.45, 7) is 3.41. The zero-order chi connectivity index (χ0) is 11.5. The van der Waals surface area contributed by atoms with Crippen molar-refractivity contribution in [2.75, 3.05) is 6.61 Å². The van der Waals surface area contributed by atoms with Crippen molar-refractivity contribution in [1.82, 2.24) is 9.78 Å². The van der Waals surface area contributed by atoms with E-state index in [-0.39, 0.29) is 6.10 Å². The van der Waals surface area contributed by atoms with Crippen LogP contribution in [-0.4, -0.2) is 27.5 Å². The van der Waals surface area contributed by atoms with Gasteiger partial charge in [0.15, 0.2) is 0 Å². The van der Waals surface area contributed by atoms with Gasteiger partial charge in [-0.2, -0.15) is 5.10 Å². The molecule has 1 aliphatic rings. The lowest BCUT2D eigenvalue weighted by molar-refractivity contribution is -0.151. The van der Waals surface area contributed by atoms with Gasteiger partial charge in [0.1, 0.15) is 0 Å². The van der Waals surface area contributed by atoms with Gasteiger partial charge in [0.25, 0.3) is 0 Å². The Morgan fingerprint density at radius 1 is 1.75 bits per heavy atom. The molecule has 2 heterocycles. The molecule has 0 saturated carbocycles. The smallest absolute Gasteiger partial charge is 0.309 e. The number of aromatic nitrogens is 2. The first kappa shape index (κ1) is 11.1. The quantitative estimate of drug-likeness (QED) is 0.844. The van der Waals surface area contributed by atoms with Crippen molar-refractivity contribution in [3.05, 3.63) is 18.0 Å². The normalized spacial score (nSPS) is 25.6. The molecule has 0 unspecified atom stereocenters. The van der Waals surface area contributed by atoms with Gasteiger partial charge in [0.2, 0.25) is 0 Å². The second-order valence-corrected chi connectivity index (χ2v) is 4.01. The summed E-state index contributed by atoms with van der Waals surface area (Å²) in [6, 6.07) is 0. The average Bonchev–Trinajstić information content (AvgIpc) is 2.77. The van der Waals surface area contributed by atoms with E-state index in [1.165, 1.54) is 0 Å². The first-order valence-corrected chi connectivity index (χ1v) is 5.59. The van der Waals surface area contributed by atoms with Crippen LogP contribution in [0.1, 0.15) is 31.4 Å². The number of aryl methyl sites for hydroxylation is 1. The van der Waals surface area contributed by atoms with E-state index in [1.54, 1.807) is 10.9 Å². The highest BCUT2D eigenvalue weighted by Gasteiger charge is 2.33. The molecule has 0 radical (unpaired) electrons. The number of hydrogen-bond acceptors (Lipinski definition) is 3. The molecule has 0 aliphatic carbocycles. The molecule has 2 rings (SSSR count). The molecule has 0 bridgehead atoms. The van der Waals surface area contributed by atoms with Gasteiger partial charge in [-0.3, -0.25) is 9.48 Å². The van der Waals surface area contributed by atoms with Crippen LogP contribution in [0.15, 0.2) is 12.4 Å². The minimum atomic E-state index is -0.783. The fourth-order valence-corrected chi connectivity index (χ4v) is 2.06. The van der Waals surface area contributed by atoms with Crippen LogP contribution in [0.5, 0.6) is 0 Å². The molecule has 1 aliphatic heterocycles. The van der Waals surface area contributed by atoms with Gasteiger partial charge < -0.3 is 9.84 Å². The summed E-state index contributed by atoms with van der Waals surface area (Å²) in [7, 11) is 0. The van der Waals surface area contributed by atoms with Crippen LogP contribution in [-0.2, 0) is 16.1 Å². The van der Waals surface area contributed by atoms with Crippen LogP contribution in [0.25, 0.3) is 0 Å². The Kier molecular flexibility index (Phi) is 3.24. The van der Waals surface area contributed by atoms with Crippen LogP contribution in [0.2, 0.25) is 0 Å². The molecule has 5 heteroatoms. The van der Waals surface area contributed by atoms with Gasteiger partial charge in [-0.1, -0.05) is 0 Å². The summed E-state index contributed by atoms with van der Waals surface area (Å²) in [4.78, 5) is 11.1. The maximum atomic E-state index is 11.1. The third-order valence-corrected chi connectivity index (χ3v) is 2.95. The Balaban J connectivity index is 2.19. The zero-order valence-corrected chi connectivity index (χ0v) is 9.30. The lowest BCUT2D eigenvalue weighted by Gasteiger charge is -2.28. The van der Waals surface area contributed by atoms with Crippen LogP contribution in [0.3, 0.4) is 0 Å². The predicted octanol–water partition coefficient (Wildman–Crippen LogP) is 1.46. The van der Waals surface area contributed by atoms with Gasteiger partial charge >= 0.3 is 5.97 Å². The van der Waals surface area contributed by atoms with E-state index in [0.717, 1.165) is 18.5 Å². The summed E-state index contributed by atoms with van der Waals surface area (Å²) in [5, 5.41) is 13.3. The van der Waals surface area contributed by atoms with Crippen LogP contribution < -0.4 is 0 Å². The number of rotatable bonds is 3. The second kappa shape index (κ2) is 4.65. The van der Waals surface area contributed by atoms with Crippen molar-refractivity contribution in [2.45, 2.75) is 32.4 Å². The molecule has 16 heavy (non-hydrogen) atoms. The number of carboxylic acids is 1. The molecule has 88 valence electrons. The van der Waals surface area contributed by atoms with E-state index < -0.39 is 11.9 Å². The van der Waals surface area contributed by atoms with Crippen molar-refractivity contribution in [2.24, 2.45) is 5.92 Å². The van der Waals surface area contributed by atoms with Gasteiger partial charge in [0, 0.05) is 24.9 Å². The van der Waals surface area contributed by atoms with Crippen molar-refractivity contribution < 1.29 is 14.6 Å². The molecule has 2 atom stereocenters. The summed E-state index contributed by atoms with van der Waals surface area (Å²) < 4.78 is 7.35. The third-order valence-electron chi connectivity index (χ3n) is 2.95. The fraction of sp³-hybridized carbons (Fsp3) is 0.636. The number of aliphatic carboxylic acids is 1. The van der Waals surface area contributed by atoms with Crippen molar-refractivity contribution in [1.29, 1.82) is 0 Å². The van der Waals surface area contributed by atoms with E-state index >= 15 is 0 Å². The first-order valence-electron chi connectivity index (χ1n) is 5.59. The summed E-state index contributed by atoms with van der Waals surface area (Å²) in [5.74, 6) is -1.22. The van der Waals surface area contributed by atoms with Gasteiger partial charge in [0.05, 0.1) is 18.2 Å². The number of hydrogen-bond donors (Lipinski definition) is 1. The Labute approximate surface area is 94.0 Å². The van der Waals surface area contributed by atoms with Crippen LogP contribution in [0, 0.1) is 5.92 Å². The first-order chi connectivity index (χ1) is 7.72.